The van der Waals surface area contributed by atoms with Crippen LogP contribution in [0.5, 0.6) is 0 Å². The highest BCUT2D eigenvalue weighted by Gasteiger charge is 2.25. The highest BCUT2D eigenvalue weighted by molar-refractivity contribution is 5.84. The first-order chi connectivity index (χ1) is 15.2. The van der Waals surface area contributed by atoms with Crippen molar-refractivity contribution in [3.8, 4) is 0 Å². The van der Waals surface area contributed by atoms with Crippen molar-refractivity contribution in [2.75, 3.05) is 31.1 Å². The molecule has 6 nitrogen and oxygen atoms in total. The third-order valence-corrected chi connectivity index (χ3v) is 6.55. The molecule has 4 rings (SSSR count). The monoisotopic (exact) mass is 433 g/mol. The van der Waals surface area contributed by atoms with E-state index in [0.29, 0.717) is 6.42 Å². The summed E-state index contributed by atoms with van der Waals surface area (Å²) in [5, 5.41) is 5.91. The van der Waals surface area contributed by atoms with Gasteiger partial charge in [-0.05, 0) is 71.2 Å². The Labute approximate surface area is 191 Å². The van der Waals surface area contributed by atoms with Crippen molar-refractivity contribution in [2.45, 2.75) is 59.9 Å². The van der Waals surface area contributed by atoms with Crippen molar-refractivity contribution in [3.63, 3.8) is 0 Å². The van der Waals surface area contributed by atoms with Gasteiger partial charge in [0.2, 0.25) is 5.91 Å². The zero-order valence-corrected chi connectivity index (χ0v) is 20.3. The van der Waals surface area contributed by atoms with E-state index < -0.39 is 0 Å². The number of rotatable bonds is 4. The third-order valence-electron chi connectivity index (χ3n) is 6.55. The summed E-state index contributed by atoms with van der Waals surface area (Å²) in [6.07, 6.45) is 1.24. The van der Waals surface area contributed by atoms with E-state index in [0.717, 1.165) is 55.0 Å². The highest BCUT2D eigenvalue weighted by Crippen LogP contribution is 2.29. The predicted octanol–water partition coefficient (Wildman–Crippen LogP) is 4.39. The molecule has 1 aliphatic heterocycles. The number of carbonyl (C=O) groups is 1. The first-order valence-corrected chi connectivity index (χ1v) is 11.6. The minimum Gasteiger partial charge on any atom is -0.368 e. The van der Waals surface area contributed by atoms with Gasteiger partial charge in [-0.1, -0.05) is 18.2 Å². The van der Waals surface area contributed by atoms with Crippen LogP contribution in [0.1, 0.15) is 49.7 Å². The van der Waals surface area contributed by atoms with Crippen LogP contribution in [0.3, 0.4) is 0 Å². The van der Waals surface area contributed by atoms with E-state index in [4.69, 9.17) is 10.1 Å². The Morgan fingerprint density at radius 3 is 2.25 bits per heavy atom. The number of carbonyl (C=O) groups excluding carboxylic acids is 1. The van der Waals surface area contributed by atoms with Crippen molar-refractivity contribution in [1.82, 2.24) is 19.7 Å². The molecule has 32 heavy (non-hydrogen) atoms. The molecule has 0 bridgehead atoms. The number of amides is 1. The van der Waals surface area contributed by atoms with Crippen molar-refractivity contribution in [1.29, 1.82) is 0 Å². The number of anilines is 1. The maximum Gasteiger partial charge on any atom is 0.223 e. The van der Waals surface area contributed by atoms with E-state index in [1.807, 2.05) is 15.6 Å². The maximum absolute atomic E-state index is 13.0. The smallest absolute Gasteiger partial charge is 0.223 e. The molecule has 0 N–H and O–H groups in total. The van der Waals surface area contributed by atoms with Gasteiger partial charge in [0.05, 0.1) is 11.2 Å². The summed E-state index contributed by atoms with van der Waals surface area (Å²) in [6.45, 7) is 16.0. The van der Waals surface area contributed by atoms with Crippen molar-refractivity contribution < 1.29 is 4.79 Å². The van der Waals surface area contributed by atoms with Gasteiger partial charge in [-0.2, -0.15) is 5.10 Å². The fourth-order valence-electron chi connectivity index (χ4n) is 4.78. The van der Waals surface area contributed by atoms with Crippen molar-refractivity contribution in [2.24, 2.45) is 0 Å². The zero-order chi connectivity index (χ0) is 23.0. The summed E-state index contributed by atoms with van der Waals surface area (Å²) in [4.78, 5) is 22.3. The standard InChI is InChI=1S/C26H35N5O/c1-18-22(19(2)27-25-24(18)20(3)28-31(25)26(4,5)6)12-13-23(32)30-16-14-29(15-17-30)21-10-8-7-9-11-21/h7-11H,12-17H2,1-6H3. The van der Waals surface area contributed by atoms with Gasteiger partial charge in [0.25, 0.3) is 0 Å². The Balaban J connectivity index is 1.45. The minimum atomic E-state index is -0.127. The van der Waals surface area contributed by atoms with Crippen LogP contribution in [0.25, 0.3) is 11.0 Å². The number of aryl methyl sites for hydroxylation is 3. The van der Waals surface area contributed by atoms with Crippen LogP contribution in [0.4, 0.5) is 5.69 Å². The first-order valence-electron chi connectivity index (χ1n) is 11.6. The Hall–Kier alpha value is -2.89. The van der Waals surface area contributed by atoms with Gasteiger partial charge in [-0.25, -0.2) is 9.67 Å². The number of nitrogens with zero attached hydrogens (tertiary/aromatic N) is 5. The van der Waals surface area contributed by atoms with Gasteiger partial charge < -0.3 is 9.80 Å². The van der Waals surface area contributed by atoms with E-state index in [9.17, 15) is 4.79 Å². The quantitative estimate of drug-likeness (QED) is 0.612. The molecule has 0 radical (unpaired) electrons. The van der Waals surface area contributed by atoms with Crippen molar-refractivity contribution >= 4 is 22.6 Å². The number of hydrogen-bond acceptors (Lipinski definition) is 4. The lowest BCUT2D eigenvalue weighted by atomic mass is 9.98. The second-order valence-corrected chi connectivity index (χ2v) is 9.87. The number of piperazine rings is 1. The van der Waals surface area contributed by atoms with Crippen LogP contribution in [0.2, 0.25) is 0 Å². The van der Waals surface area contributed by atoms with Crippen molar-refractivity contribution in [3.05, 3.63) is 52.8 Å². The van der Waals surface area contributed by atoms with E-state index in [2.05, 4.69) is 70.7 Å². The SMILES string of the molecule is Cc1nc2c(c(C)nn2C(C)(C)C)c(C)c1CCC(=O)N1CCN(c2ccccc2)CC1. The van der Waals surface area contributed by atoms with Gasteiger partial charge in [-0.3, -0.25) is 4.79 Å². The zero-order valence-electron chi connectivity index (χ0n) is 20.3. The van der Waals surface area contributed by atoms with E-state index in [1.165, 1.54) is 16.8 Å². The van der Waals surface area contributed by atoms with Crippen LogP contribution in [-0.2, 0) is 16.8 Å². The number of aromatic nitrogens is 3. The molecule has 3 heterocycles. The normalized spacial score (nSPS) is 14.9. The molecular weight excluding hydrogens is 398 g/mol. The van der Waals surface area contributed by atoms with Gasteiger partial charge in [0, 0.05) is 49.4 Å². The summed E-state index contributed by atoms with van der Waals surface area (Å²) in [7, 11) is 0. The molecule has 0 spiro atoms. The molecule has 0 aliphatic carbocycles. The Morgan fingerprint density at radius 1 is 0.969 bits per heavy atom. The molecular formula is C26H35N5O. The number of pyridine rings is 1. The first kappa shape index (κ1) is 22.3. The lowest BCUT2D eigenvalue weighted by Gasteiger charge is -2.36. The van der Waals surface area contributed by atoms with Crippen LogP contribution in [0.15, 0.2) is 30.3 Å². The summed E-state index contributed by atoms with van der Waals surface area (Å²) in [6, 6.07) is 10.4. The fourth-order valence-corrected chi connectivity index (χ4v) is 4.78. The minimum absolute atomic E-state index is 0.127. The molecule has 0 saturated carbocycles. The molecule has 170 valence electrons. The molecule has 1 aliphatic rings. The second-order valence-electron chi connectivity index (χ2n) is 9.87. The molecule has 0 unspecified atom stereocenters. The third kappa shape index (κ3) is 4.23. The van der Waals surface area contributed by atoms with Gasteiger partial charge in [-0.15, -0.1) is 0 Å². The molecule has 1 amide bonds. The van der Waals surface area contributed by atoms with Gasteiger partial charge >= 0.3 is 0 Å². The largest absolute Gasteiger partial charge is 0.368 e. The number of fused-ring (bicyclic) bond motifs is 1. The predicted molar refractivity (Wildman–Crippen MR) is 130 cm³/mol. The van der Waals surface area contributed by atoms with E-state index >= 15 is 0 Å². The lowest BCUT2D eigenvalue weighted by Crippen LogP contribution is -2.48. The average molecular weight is 434 g/mol. The van der Waals surface area contributed by atoms with E-state index in [1.54, 1.807) is 0 Å². The van der Waals surface area contributed by atoms with Gasteiger partial charge in [0.15, 0.2) is 5.65 Å². The van der Waals surface area contributed by atoms with Crippen LogP contribution >= 0.6 is 0 Å². The maximum atomic E-state index is 13.0. The fraction of sp³-hybridized carbons (Fsp3) is 0.500. The number of benzene rings is 1. The molecule has 2 aromatic heterocycles. The van der Waals surface area contributed by atoms with Gasteiger partial charge in [0.1, 0.15) is 0 Å². The molecule has 0 atom stereocenters. The highest BCUT2D eigenvalue weighted by atomic mass is 16.2. The topological polar surface area (TPSA) is 54.3 Å². The molecule has 1 saturated heterocycles. The van der Waals surface area contributed by atoms with Crippen LogP contribution in [0, 0.1) is 20.8 Å². The Bertz CT molecular complexity index is 1120. The second kappa shape index (κ2) is 8.57. The number of para-hydroxylation sites is 1. The summed E-state index contributed by atoms with van der Waals surface area (Å²) in [5.41, 5.74) is 6.45. The van der Waals surface area contributed by atoms with Crippen LogP contribution < -0.4 is 4.90 Å². The average Bonchev–Trinajstić information content (AvgIpc) is 3.10. The summed E-state index contributed by atoms with van der Waals surface area (Å²) >= 11 is 0. The summed E-state index contributed by atoms with van der Waals surface area (Å²) in [5.74, 6) is 0.235. The molecule has 3 aromatic rings. The molecule has 1 aromatic carbocycles. The Morgan fingerprint density at radius 2 is 1.62 bits per heavy atom. The van der Waals surface area contributed by atoms with E-state index in [-0.39, 0.29) is 11.4 Å². The lowest BCUT2D eigenvalue weighted by molar-refractivity contribution is -0.131. The Kier molecular flexibility index (Phi) is 5.97. The molecule has 1 fully saturated rings. The number of hydrogen-bond donors (Lipinski definition) is 0. The van der Waals surface area contributed by atoms with Crippen LogP contribution in [-0.4, -0.2) is 51.8 Å². The molecule has 6 heteroatoms. The summed E-state index contributed by atoms with van der Waals surface area (Å²) < 4.78 is 2.03.